The molecule has 2 aliphatic carbocycles. The van der Waals surface area contributed by atoms with E-state index >= 15 is 0 Å². The van der Waals surface area contributed by atoms with Crippen molar-refractivity contribution in [2.75, 3.05) is 20.8 Å². The van der Waals surface area contributed by atoms with Gasteiger partial charge in [0, 0.05) is 18.7 Å². The summed E-state index contributed by atoms with van der Waals surface area (Å²) in [5.74, 6) is 0. The molecule has 0 radical (unpaired) electrons. The van der Waals surface area contributed by atoms with Gasteiger partial charge in [-0.25, -0.2) is 0 Å². The maximum absolute atomic E-state index is 9.92. The zero-order valence-corrected chi connectivity index (χ0v) is 11.7. The van der Waals surface area contributed by atoms with E-state index in [2.05, 4.69) is 25.8 Å². The number of likely N-dealkylation sites (N-methyl/N-ethyl adjacent to an activating group) is 1. The van der Waals surface area contributed by atoms with E-state index in [9.17, 15) is 5.11 Å². The van der Waals surface area contributed by atoms with Gasteiger partial charge in [-0.15, -0.1) is 0 Å². The summed E-state index contributed by atoms with van der Waals surface area (Å²) in [5, 5.41) is 9.92. The summed E-state index contributed by atoms with van der Waals surface area (Å²) in [7, 11) is 4.01. The van der Waals surface area contributed by atoms with Crippen LogP contribution in [0.3, 0.4) is 0 Å². The predicted molar refractivity (Wildman–Crippen MR) is 69.0 cm³/mol. The Morgan fingerprint density at radius 1 is 1.29 bits per heavy atom. The molecule has 17 heavy (non-hydrogen) atoms. The van der Waals surface area contributed by atoms with Crippen molar-refractivity contribution in [3.05, 3.63) is 0 Å². The highest BCUT2D eigenvalue weighted by atomic mass is 16.5. The summed E-state index contributed by atoms with van der Waals surface area (Å²) in [4.78, 5) is 2.50. The van der Waals surface area contributed by atoms with E-state index in [4.69, 9.17) is 4.74 Å². The molecule has 0 aromatic carbocycles. The van der Waals surface area contributed by atoms with Gasteiger partial charge in [-0.2, -0.15) is 0 Å². The van der Waals surface area contributed by atoms with Crippen LogP contribution in [0, 0.1) is 5.41 Å². The Kier molecular flexibility index (Phi) is 3.54. The van der Waals surface area contributed by atoms with E-state index in [1.54, 1.807) is 7.11 Å². The van der Waals surface area contributed by atoms with Crippen LogP contribution in [0.2, 0.25) is 0 Å². The van der Waals surface area contributed by atoms with Gasteiger partial charge in [0.1, 0.15) is 0 Å². The van der Waals surface area contributed by atoms with Gasteiger partial charge in [0.2, 0.25) is 0 Å². The normalized spacial score (nSPS) is 34.9. The summed E-state index contributed by atoms with van der Waals surface area (Å²) >= 11 is 0. The third-order valence-electron chi connectivity index (χ3n) is 4.98. The largest absolute Gasteiger partial charge is 0.393 e. The van der Waals surface area contributed by atoms with Crippen LogP contribution in [0.5, 0.6) is 0 Å². The molecule has 100 valence electrons. The first-order valence-corrected chi connectivity index (χ1v) is 6.81. The molecule has 0 heterocycles. The fourth-order valence-corrected chi connectivity index (χ4v) is 3.42. The number of aliphatic hydroxyl groups is 1. The maximum Gasteiger partial charge on any atom is 0.0646 e. The molecule has 0 bridgehead atoms. The van der Waals surface area contributed by atoms with Crippen LogP contribution in [0.15, 0.2) is 0 Å². The highest BCUT2D eigenvalue weighted by Gasteiger charge is 2.52. The van der Waals surface area contributed by atoms with E-state index in [1.807, 2.05) is 0 Å². The second-order valence-corrected chi connectivity index (χ2v) is 6.70. The lowest BCUT2D eigenvalue weighted by atomic mass is 9.71. The Bertz CT molecular complexity index is 273. The van der Waals surface area contributed by atoms with Gasteiger partial charge in [0.25, 0.3) is 0 Å². The number of hydrogen-bond donors (Lipinski definition) is 1. The molecule has 0 amide bonds. The number of nitrogens with zero attached hydrogens (tertiary/aromatic N) is 1. The van der Waals surface area contributed by atoms with E-state index in [-0.39, 0.29) is 11.6 Å². The first-order chi connectivity index (χ1) is 7.91. The number of aliphatic hydroxyl groups excluding tert-OH is 1. The Balaban J connectivity index is 2.09. The van der Waals surface area contributed by atoms with Crippen molar-refractivity contribution in [2.45, 2.75) is 63.6 Å². The average molecular weight is 241 g/mol. The standard InChI is InChI=1S/C14H27NO2/c1-13(2)6-5-11(16)9-12(13)15(3)14(7-8-14)10-17-4/h11-12,16H,5-10H2,1-4H3. The van der Waals surface area contributed by atoms with Crippen molar-refractivity contribution in [1.29, 1.82) is 0 Å². The molecule has 2 fully saturated rings. The summed E-state index contributed by atoms with van der Waals surface area (Å²) < 4.78 is 5.37. The highest BCUT2D eigenvalue weighted by Crippen LogP contribution is 2.48. The van der Waals surface area contributed by atoms with Crippen LogP contribution in [0.4, 0.5) is 0 Å². The van der Waals surface area contributed by atoms with E-state index in [1.165, 1.54) is 12.8 Å². The SMILES string of the molecule is COCC1(N(C)C2CC(O)CCC2(C)C)CC1. The third-order valence-corrected chi connectivity index (χ3v) is 4.98. The van der Waals surface area contributed by atoms with Crippen molar-refractivity contribution in [2.24, 2.45) is 5.41 Å². The van der Waals surface area contributed by atoms with Crippen molar-refractivity contribution in [3.8, 4) is 0 Å². The van der Waals surface area contributed by atoms with Gasteiger partial charge in [-0.1, -0.05) is 13.8 Å². The van der Waals surface area contributed by atoms with Gasteiger partial charge >= 0.3 is 0 Å². The zero-order valence-electron chi connectivity index (χ0n) is 11.7. The molecule has 2 unspecified atom stereocenters. The minimum absolute atomic E-state index is 0.117. The second-order valence-electron chi connectivity index (χ2n) is 6.70. The molecular formula is C14H27NO2. The maximum atomic E-state index is 9.92. The fraction of sp³-hybridized carbons (Fsp3) is 1.00. The average Bonchev–Trinajstić information content (AvgIpc) is 3.02. The van der Waals surface area contributed by atoms with Crippen molar-refractivity contribution in [1.82, 2.24) is 4.90 Å². The first-order valence-electron chi connectivity index (χ1n) is 6.81. The lowest BCUT2D eigenvalue weighted by Crippen LogP contribution is -2.54. The van der Waals surface area contributed by atoms with Gasteiger partial charge in [0.05, 0.1) is 12.7 Å². The summed E-state index contributed by atoms with van der Waals surface area (Å²) in [6.45, 7) is 5.50. The van der Waals surface area contributed by atoms with Crippen molar-refractivity contribution in [3.63, 3.8) is 0 Å². The number of ether oxygens (including phenoxy) is 1. The summed E-state index contributed by atoms with van der Waals surface area (Å²) in [5.41, 5.74) is 0.561. The van der Waals surface area contributed by atoms with Crippen LogP contribution in [-0.2, 0) is 4.74 Å². The quantitative estimate of drug-likeness (QED) is 0.817. The molecule has 3 heteroatoms. The molecule has 3 nitrogen and oxygen atoms in total. The van der Waals surface area contributed by atoms with E-state index in [0.717, 1.165) is 25.9 Å². The molecule has 2 rings (SSSR count). The van der Waals surface area contributed by atoms with Crippen LogP contribution in [0.1, 0.15) is 46.0 Å². The molecule has 2 saturated carbocycles. The van der Waals surface area contributed by atoms with Crippen molar-refractivity contribution < 1.29 is 9.84 Å². The lowest BCUT2D eigenvalue weighted by molar-refractivity contribution is -0.0382. The molecule has 2 aliphatic rings. The second kappa shape index (κ2) is 4.52. The predicted octanol–water partition coefficient (Wildman–Crippen LogP) is 2.04. The van der Waals surface area contributed by atoms with E-state index < -0.39 is 0 Å². The van der Waals surface area contributed by atoms with Crippen LogP contribution in [0.25, 0.3) is 0 Å². The summed E-state index contributed by atoms with van der Waals surface area (Å²) in [6.07, 6.45) is 5.34. The Morgan fingerprint density at radius 2 is 1.94 bits per heavy atom. The van der Waals surface area contributed by atoms with Crippen molar-refractivity contribution >= 4 is 0 Å². The minimum Gasteiger partial charge on any atom is -0.393 e. The molecule has 1 N–H and O–H groups in total. The topological polar surface area (TPSA) is 32.7 Å². The molecule has 0 aromatic heterocycles. The molecule has 0 spiro atoms. The Hall–Kier alpha value is -0.120. The molecule has 0 saturated heterocycles. The Morgan fingerprint density at radius 3 is 2.47 bits per heavy atom. The van der Waals surface area contributed by atoms with Crippen LogP contribution in [-0.4, -0.2) is 48.5 Å². The van der Waals surface area contributed by atoms with Gasteiger partial charge in [-0.3, -0.25) is 4.90 Å². The number of rotatable bonds is 4. The molecule has 0 aliphatic heterocycles. The van der Waals surface area contributed by atoms with Gasteiger partial charge in [0.15, 0.2) is 0 Å². The lowest BCUT2D eigenvalue weighted by Gasteiger charge is -2.48. The summed E-state index contributed by atoms with van der Waals surface area (Å²) in [6, 6.07) is 0.476. The smallest absolute Gasteiger partial charge is 0.0646 e. The molecule has 2 atom stereocenters. The highest BCUT2D eigenvalue weighted by molar-refractivity contribution is 5.07. The zero-order chi connectivity index (χ0) is 12.7. The van der Waals surface area contributed by atoms with E-state index in [0.29, 0.717) is 11.5 Å². The third kappa shape index (κ3) is 2.51. The number of methoxy groups -OCH3 is 1. The van der Waals surface area contributed by atoms with Gasteiger partial charge in [-0.05, 0) is 44.6 Å². The van der Waals surface area contributed by atoms with Crippen LogP contribution < -0.4 is 0 Å². The first kappa shape index (κ1) is 13.3. The monoisotopic (exact) mass is 241 g/mol. The van der Waals surface area contributed by atoms with Crippen LogP contribution >= 0.6 is 0 Å². The fourth-order valence-electron chi connectivity index (χ4n) is 3.42. The molecule has 0 aromatic rings. The molecular weight excluding hydrogens is 214 g/mol. The Labute approximate surface area is 105 Å². The number of hydrogen-bond acceptors (Lipinski definition) is 3. The minimum atomic E-state index is -0.117. The van der Waals surface area contributed by atoms with Gasteiger partial charge < -0.3 is 9.84 Å².